The number of fused-ring (bicyclic) bond motifs is 1. The number of hydrogen-bond donors (Lipinski definition) is 0. The monoisotopic (exact) mass is 506 g/mol. The molecule has 3 aliphatic carbocycles. The molecule has 1 saturated carbocycles. The Balaban J connectivity index is 1.76. The van der Waals surface area contributed by atoms with E-state index in [-0.39, 0.29) is 34.5 Å². The third-order valence-electron chi connectivity index (χ3n) is 8.07. The van der Waals surface area contributed by atoms with E-state index < -0.39 is 34.3 Å². The van der Waals surface area contributed by atoms with Gasteiger partial charge in [-0.15, -0.1) is 0 Å². The second-order valence-corrected chi connectivity index (χ2v) is 11.8. The first-order valence-electron chi connectivity index (χ1n) is 12.7. The van der Waals surface area contributed by atoms with Gasteiger partial charge in [0.15, 0.2) is 22.8 Å². The van der Waals surface area contributed by atoms with Gasteiger partial charge in [0.05, 0.1) is 5.60 Å². The maximum absolute atomic E-state index is 14.2. The summed E-state index contributed by atoms with van der Waals surface area (Å²) in [5, 5.41) is 0. The zero-order valence-electron chi connectivity index (χ0n) is 22.5. The number of carbonyl (C=O) groups is 3. The molecule has 37 heavy (non-hydrogen) atoms. The SMILES string of the molecule is C=CC(C)(C)Oc1cc(OC(C)=O)c2c(c1)O[C@]13C(=C[C@@H]4C[C@H]1C(C)(C)O[C@@]3(CC=C(C)C)C4=O)C2=O. The van der Waals surface area contributed by atoms with Crippen LogP contribution in [0.15, 0.2) is 48.1 Å². The highest BCUT2D eigenvalue weighted by molar-refractivity contribution is 6.18. The number of Topliss-reactive ketones (excluding diaryl/α,β-unsaturated/α-hetero) is 2. The molecule has 5 aliphatic rings. The molecule has 2 heterocycles. The van der Waals surface area contributed by atoms with Crippen molar-refractivity contribution in [3.63, 3.8) is 0 Å². The minimum absolute atomic E-state index is 0.0549. The van der Waals surface area contributed by atoms with Crippen LogP contribution in [-0.4, -0.2) is 39.9 Å². The average Bonchev–Trinajstić information content (AvgIpc) is 2.94. The van der Waals surface area contributed by atoms with Gasteiger partial charge in [0.2, 0.25) is 0 Å². The van der Waals surface area contributed by atoms with Crippen LogP contribution >= 0.6 is 0 Å². The number of esters is 1. The van der Waals surface area contributed by atoms with Crippen LogP contribution in [0.1, 0.15) is 71.7 Å². The van der Waals surface area contributed by atoms with Crippen molar-refractivity contribution in [2.75, 3.05) is 0 Å². The molecule has 196 valence electrons. The van der Waals surface area contributed by atoms with Gasteiger partial charge < -0.3 is 18.9 Å². The Kier molecular flexibility index (Phi) is 5.44. The Labute approximate surface area is 217 Å². The number of rotatable bonds is 6. The largest absolute Gasteiger partial charge is 0.484 e. The summed E-state index contributed by atoms with van der Waals surface area (Å²) in [4.78, 5) is 40.2. The summed E-state index contributed by atoms with van der Waals surface area (Å²) in [7, 11) is 0. The lowest BCUT2D eigenvalue weighted by atomic mass is 9.51. The Bertz CT molecular complexity index is 1310. The number of carbonyl (C=O) groups excluding carboxylic acids is 3. The van der Waals surface area contributed by atoms with Gasteiger partial charge in [-0.05, 0) is 54.0 Å². The quantitative estimate of drug-likeness (QED) is 0.293. The molecule has 7 heteroatoms. The lowest BCUT2D eigenvalue weighted by Gasteiger charge is -2.56. The second-order valence-electron chi connectivity index (χ2n) is 11.8. The molecule has 6 rings (SSSR count). The first kappa shape index (κ1) is 25.5. The molecule has 0 unspecified atom stereocenters. The topological polar surface area (TPSA) is 88.1 Å². The average molecular weight is 507 g/mol. The number of ketones is 2. The molecule has 0 N–H and O–H groups in total. The number of ether oxygens (including phenoxy) is 4. The van der Waals surface area contributed by atoms with Crippen molar-refractivity contribution in [3.8, 4) is 17.2 Å². The summed E-state index contributed by atoms with van der Waals surface area (Å²) in [5.74, 6) is -1.04. The van der Waals surface area contributed by atoms with E-state index in [9.17, 15) is 14.4 Å². The highest BCUT2D eigenvalue weighted by atomic mass is 16.6. The standard InChI is InChI=1S/C30H34O7/c1-9-27(5,6)35-19-14-21(34-17(4)31)24-22(15-19)36-30-20(25(24)32)12-18-13-23(30)28(7,8)37-29(30,26(18)33)11-10-16(2)3/h9-10,12,14-15,18,23H,1,11,13H2,2-8H3/t18-,23+,29+,30-/m1/s1. The smallest absolute Gasteiger partial charge is 0.308 e. The third kappa shape index (κ3) is 3.46. The zero-order valence-corrected chi connectivity index (χ0v) is 22.5. The molecule has 4 atom stereocenters. The van der Waals surface area contributed by atoms with Crippen LogP contribution < -0.4 is 14.2 Å². The minimum Gasteiger partial charge on any atom is -0.484 e. The second kappa shape index (κ2) is 7.90. The minimum atomic E-state index is -1.35. The van der Waals surface area contributed by atoms with Gasteiger partial charge in [0.1, 0.15) is 28.4 Å². The summed E-state index contributed by atoms with van der Waals surface area (Å²) in [6.45, 7) is 16.6. The molecule has 1 aromatic carbocycles. The van der Waals surface area contributed by atoms with Crippen molar-refractivity contribution in [2.24, 2.45) is 11.8 Å². The van der Waals surface area contributed by atoms with Gasteiger partial charge in [0, 0.05) is 42.9 Å². The van der Waals surface area contributed by atoms with Crippen LogP contribution in [-0.2, 0) is 14.3 Å². The lowest BCUT2D eigenvalue weighted by Crippen LogP contribution is -2.72. The molecular weight excluding hydrogens is 472 g/mol. The van der Waals surface area contributed by atoms with E-state index in [0.717, 1.165) is 5.57 Å². The van der Waals surface area contributed by atoms with E-state index in [1.165, 1.54) is 13.0 Å². The summed E-state index contributed by atoms with van der Waals surface area (Å²) in [6, 6.07) is 3.15. The van der Waals surface area contributed by atoms with Crippen LogP contribution in [0, 0.1) is 11.8 Å². The molecule has 2 fully saturated rings. The molecule has 1 aromatic rings. The van der Waals surface area contributed by atoms with Crippen molar-refractivity contribution in [1.29, 1.82) is 0 Å². The van der Waals surface area contributed by atoms with Crippen molar-refractivity contribution in [2.45, 2.75) is 83.7 Å². The third-order valence-corrected chi connectivity index (χ3v) is 8.07. The Morgan fingerprint density at radius 2 is 1.92 bits per heavy atom. The van der Waals surface area contributed by atoms with E-state index in [2.05, 4.69) is 6.58 Å². The van der Waals surface area contributed by atoms with Gasteiger partial charge in [0.25, 0.3) is 0 Å². The van der Waals surface area contributed by atoms with Crippen LogP contribution in [0.2, 0.25) is 0 Å². The van der Waals surface area contributed by atoms with Gasteiger partial charge in [-0.1, -0.05) is 24.3 Å². The fourth-order valence-electron chi connectivity index (χ4n) is 6.50. The molecule has 7 nitrogen and oxygen atoms in total. The molecule has 0 amide bonds. The first-order valence-corrected chi connectivity index (χ1v) is 12.7. The molecule has 2 aliphatic heterocycles. The van der Waals surface area contributed by atoms with Gasteiger partial charge in [-0.25, -0.2) is 0 Å². The van der Waals surface area contributed by atoms with Crippen LogP contribution in [0.25, 0.3) is 0 Å². The van der Waals surface area contributed by atoms with Gasteiger partial charge in [-0.3, -0.25) is 14.4 Å². The molecule has 4 bridgehead atoms. The fourth-order valence-corrected chi connectivity index (χ4v) is 6.50. The molecular formula is C30H34O7. The van der Waals surface area contributed by atoms with E-state index in [1.54, 1.807) is 18.2 Å². The Hall–Kier alpha value is -3.19. The summed E-state index contributed by atoms with van der Waals surface area (Å²) in [6.07, 6.45) is 6.20. The molecule has 1 spiro atoms. The van der Waals surface area contributed by atoms with Gasteiger partial charge in [-0.2, -0.15) is 0 Å². The summed E-state index contributed by atoms with van der Waals surface area (Å²) < 4.78 is 25.1. The normalized spacial score (nSPS) is 30.5. The van der Waals surface area contributed by atoms with Crippen molar-refractivity contribution in [3.05, 3.63) is 53.6 Å². The number of allylic oxidation sites excluding steroid dienone is 2. The predicted molar refractivity (Wildman–Crippen MR) is 137 cm³/mol. The summed E-state index contributed by atoms with van der Waals surface area (Å²) in [5.41, 5.74) is -2.52. The lowest BCUT2D eigenvalue weighted by molar-refractivity contribution is -0.171. The summed E-state index contributed by atoms with van der Waals surface area (Å²) >= 11 is 0. The molecule has 0 aromatic heterocycles. The fraction of sp³-hybridized carbons (Fsp3) is 0.500. The maximum Gasteiger partial charge on any atom is 0.308 e. The Morgan fingerprint density at radius 1 is 1.22 bits per heavy atom. The first-order chi connectivity index (χ1) is 17.2. The van der Waals surface area contributed by atoms with Crippen LogP contribution in [0.5, 0.6) is 17.2 Å². The van der Waals surface area contributed by atoms with E-state index >= 15 is 0 Å². The highest BCUT2D eigenvalue weighted by Crippen LogP contribution is 2.67. The predicted octanol–water partition coefficient (Wildman–Crippen LogP) is 5.32. The Morgan fingerprint density at radius 3 is 2.54 bits per heavy atom. The van der Waals surface area contributed by atoms with E-state index in [4.69, 9.17) is 18.9 Å². The van der Waals surface area contributed by atoms with E-state index in [0.29, 0.717) is 24.2 Å². The van der Waals surface area contributed by atoms with Gasteiger partial charge >= 0.3 is 5.97 Å². The number of benzene rings is 1. The zero-order chi connectivity index (χ0) is 27.1. The van der Waals surface area contributed by atoms with Crippen molar-refractivity contribution in [1.82, 2.24) is 0 Å². The van der Waals surface area contributed by atoms with Crippen molar-refractivity contribution < 1.29 is 33.3 Å². The highest BCUT2D eigenvalue weighted by Gasteiger charge is 2.81. The van der Waals surface area contributed by atoms with Crippen molar-refractivity contribution >= 4 is 17.5 Å². The maximum atomic E-state index is 14.2. The van der Waals surface area contributed by atoms with Crippen LogP contribution in [0.4, 0.5) is 0 Å². The molecule has 0 radical (unpaired) electrons. The molecule has 1 saturated heterocycles. The van der Waals surface area contributed by atoms with Crippen LogP contribution in [0.3, 0.4) is 0 Å². The van der Waals surface area contributed by atoms with E-state index in [1.807, 2.05) is 47.6 Å². The number of hydrogen-bond acceptors (Lipinski definition) is 7.